The number of nitrogens with zero attached hydrogens (tertiary/aromatic N) is 1. The van der Waals surface area contributed by atoms with Crippen molar-refractivity contribution in [3.63, 3.8) is 0 Å². The summed E-state index contributed by atoms with van der Waals surface area (Å²) < 4.78 is 5.24. The van der Waals surface area contributed by atoms with Gasteiger partial charge in [-0.2, -0.15) is 0 Å². The number of carbonyl (C=O) groups excluding carboxylic acids is 1. The van der Waals surface area contributed by atoms with E-state index < -0.39 is 5.66 Å². The number of rotatable bonds is 2. The average molecular weight is 281 g/mol. The summed E-state index contributed by atoms with van der Waals surface area (Å²) in [6, 6.07) is 16.0. The monoisotopic (exact) mass is 281 g/mol. The fourth-order valence-corrected chi connectivity index (χ4v) is 3.63. The second-order valence-electron chi connectivity index (χ2n) is 5.49. The Morgan fingerprint density at radius 2 is 1.90 bits per heavy atom. The van der Waals surface area contributed by atoms with Crippen LogP contribution in [0.3, 0.4) is 0 Å². The predicted molar refractivity (Wildman–Crippen MR) is 78.0 cm³/mol. The van der Waals surface area contributed by atoms with Gasteiger partial charge in [0.1, 0.15) is 5.75 Å². The molecular weight excluding hydrogens is 264 g/mol. The van der Waals surface area contributed by atoms with Crippen molar-refractivity contribution in [1.29, 1.82) is 0 Å². The maximum atomic E-state index is 12.7. The second kappa shape index (κ2) is 4.33. The Labute approximate surface area is 123 Å². The minimum absolute atomic E-state index is 0.134. The van der Waals surface area contributed by atoms with Crippen LogP contribution in [0.5, 0.6) is 5.75 Å². The maximum Gasteiger partial charge on any atom is 0.259 e. The van der Waals surface area contributed by atoms with Gasteiger partial charge >= 0.3 is 0 Å². The van der Waals surface area contributed by atoms with Gasteiger partial charge in [0.25, 0.3) is 5.91 Å². The molecule has 0 radical (unpaired) electrons. The van der Waals surface area contributed by atoms with Gasteiger partial charge in [-0.3, -0.25) is 9.69 Å². The van der Waals surface area contributed by atoms with Crippen molar-refractivity contribution in [2.45, 2.75) is 5.66 Å². The first-order valence-electron chi connectivity index (χ1n) is 7.18. The van der Waals surface area contributed by atoms with E-state index in [1.165, 1.54) is 0 Å². The average Bonchev–Trinajstić information content (AvgIpc) is 3.08. The molecular formula is C17H17N2O2+. The van der Waals surface area contributed by atoms with Crippen LogP contribution in [0.2, 0.25) is 0 Å². The molecule has 2 aromatic carbocycles. The SMILES string of the molecule is COc1ccc([C@]23[NH2+]CCN2C(=O)c2ccccc23)cc1. The topological polar surface area (TPSA) is 46.1 Å². The number of methoxy groups -OCH3 is 1. The molecule has 1 atom stereocenters. The lowest BCUT2D eigenvalue weighted by Gasteiger charge is -2.29. The third-order valence-electron chi connectivity index (χ3n) is 4.56. The molecule has 2 aliphatic heterocycles. The van der Waals surface area contributed by atoms with Crippen molar-refractivity contribution in [2.75, 3.05) is 20.2 Å². The molecule has 2 N–H and O–H groups in total. The van der Waals surface area contributed by atoms with Gasteiger partial charge in [-0.25, -0.2) is 0 Å². The number of carbonyl (C=O) groups is 1. The molecule has 4 heteroatoms. The number of nitrogens with two attached hydrogens (primary N) is 1. The number of hydrogen-bond donors (Lipinski definition) is 1. The summed E-state index contributed by atoms with van der Waals surface area (Å²) in [6.07, 6.45) is 0. The fraction of sp³-hybridized carbons (Fsp3) is 0.235. The lowest BCUT2D eigenvalue weighted by atomic mass is 9.91. The van der Waals surface area contributed by atoms with E-state index in [4.69, 9.17) is 4.74 Å². The summed E-state index contributed by atoms with van der Waals surface area (Å²) in [5.74, 6) is 0.965. The van der Waals surface area contributed by atoms with Gasteiger partial charge in [0.2, 0.25) is 5.66 Å². The molecule has 0 unspecified atom stereocenters. The molecule has 4 nitrogen and oxygen atoms in total. The van der Waals surface area contributed by atoms with Crippen molar-refractivity contribution in [3.05, 3.63) is 65.2 Å². The Morgan fingerprint density at radius 1 is 1.14 bits per heavy atom. The van der Waals surface area contributed by atoms with E-state index in [1.54, 1.807) is 7.11 Å². The van der Waals surface area contributed by atoms with Gasteiger partial charge in [-0.05, 0) is 36.4 Å². The predicted octanol–water partition coefficient (Wildman–Crippen LogP) is 0.929. The van der Waals surface area contributed by atoms with Crippen molar-refractivity contribution in [3.8, 4) is 5.75 Å². The molecule has 0 aliphatic carbocycles. The van der Waals surface area contributed by atoms with Crippen LogP contribution < -0.4 is 10.1 Å². The minimum Gasteiger partial charge on any atom is -0.497 e. The zero-order chi connectivity index (χ0) is 14.4. The van der Waals surface area contributed by atoms with Crippen LogP contribution in [0.25, 0.3) is 0 Å². The summed E-state index contributed by atoms with van der Waals surface area (Å²) in [7, 11) is 1.66. The lowest BCUT2D eigenvalue weighted by molar-refractivity contribution is -0.716. The fourth-order valence-electron chi connectivity index (χ4n) is 3.63. The molecule has 0 aromatic heterocycles. The molecule has 2 heterocycles. The highest BCUT2D eigenvalue weighted by molar-refractivity contribution is 6.00. The Kier molecular flexibility index (Phi) is 2.56. The quantitative estimate of drug-likeness (QED) is 0.890. The molecule has 21 heavy (non-hydrogen) atoms. The third-order valence-corrected chi connectivity index (χ3v) is 4.56. The standard InChI is InChI=1S/C17H16N2O2/c1-21-13-8-6-12(7-9-13)17-15-5-3-2-4-14(15)16(20)19(17)11-10-18-17/h2-9,18H,10-11H2,1H3/p+1/t17-/m0/s1. The third kappa shape index (κ3) is 1.51. The molecule has 2 aliphatic rings. The molecule has 0 spiro atoms. The normalized spacial score (nSPS) is 23.1. The van der Waals surface area contributed by atoms with E-state index in [9.17, 15) is 4.79 Å². The Morgan fingerprint density at radius 3 is 2.67 bits per heavy atom. The highest BCUT2D eigenvalue weighted by Gasteiger charge is 2.57. The van der Waals surface area contributed by atoms with E-state index in [0.29, 0.717) is 0 Å². The number of hydrogen-bond acceptors (Lipinski definition) is 2. The highest BCUT2D eigenvalue weighted by atomic mass is 16.5. The van der Waals surface area contributed by atoms with Crippen molar-refractivity contribution in [2.24, 2.45) is 0 Å². The zero-order valence-corrected chi connectivity index (χ0v) is 11.9. The second-order valence-corrected chi connectivity index (χ2v) is 5.49. The van der Waals surface area contributed by atoms with Crippen LogP contribution in [0.1, 0.15) is 21.5 Å². The number of fused-ring (bicyclic) bond motifs is 3. The van der Waals surface area contributed by atoms with Crippen molar-refractivity contribution in [1.82, 2.24) is 4.90 Å². The molecule has 1 fully saturated rings. The number of benzene rings is 2. The van der Waals surface area contributed by atoms with E-state index in [2.05, 4.69) is 23.5 Å². The van der Waals surface area contributed by atoms with Crippen LogP contribution in [0, 0.1) is 0 Å². The number of quaternary nitrogens is 1. The molecule has 0 bridgehead atoms. The van der Waals surface area contributed by atoms with Gasteiger partial charge in [0.05, 0.1) is 31.3 Å². The van der Waals surface area contributed by atoms with Crippen LogP contribution in [-0.4, -0.2) is 31.0 Å². The van der Waals surface area contributed by atoms with Crippen molar-refractivity contribution >= 4 is 5.91 Å². The highest BCUT2D eigenvalue weighted by Crippen LogP contribution is 2.40. The van der Waals surface area contributed by atoms with Gasteiger partial charge in [-0.1, -0.05) is 12.1 Å². The van der Waals surface area contributed by atoms with Crippen LogP contribution in [0.4, 0.5) is 0 Å². The van der Waals surface area contributed by atoms with Gasteiger partial charge in [-0.15, -0.1) is 0 Å². The molecule has 4 rings (SSSR count). The minimum atomic E-state index is -0.403. The lowest BCUT2D eigenvalue weighted by Crippen LogP contribution is -2.93. The van der Waals surface area contributed by atoms with Gasteiger partial charge < -0.3 is 10.1 Å². The summed E-state index contributed by atoms with van der Waals surface area (Å²) in [5.41, 5.74) is 2.64. The van der Waals surface area contributed by atoms with Crippen LogP contribution in [-0.2, 0) is 5.66 Å². The van der Waals surface area contributed by atoms with Crippen LogP contribution >= 0.6 is 0 Å². The van der Waals surface area contributed by atoms with E-state index in [0.717, 1.165) is 35.5 Å². The van der Waals surface area contributed by atoms with E-state index in [1.807, 2.05) is 35.2 Å². The molecule has 106 valence electrons. The van der Waals surface area contributed by atoms with Crippen molar-refractivity contribution < 1.29 is 14.8 Å². The summed E-state index contributed by atoms with van der Waals surface area (Å²) in [5, 5.41) is 2.26. The first kappa shape index (κ1) is 12.4. The summed E-state index contributed by atoms with van der Waals surface area (Å²) in [4.78, 5) is 14.6. The largest absolute Gasteiger partial charge is 0.497 e. The number of amides is 1. The van der Waals surface area contributed by atoms with Gasteiger partial charge in [0.15, 0.2) is 0 Å². The molecule has 2 aromatic rings. The molecule has 1 saturated heterocycles. The first-order valence-corrected chi connectivity index (χ1v) is 7.18. The summed E-state index contributed by atoms with van der Waals surface area (Å²) >= 11 is 0. The molecule has 0 saturated carbocycles. The summed E-state index contributed by atoms with van der Waals surface area (Å²) in [6.45, 7) is 1.70. The number of ether oxygens (including phenoxy) is 1. The first-order chi connectivity index (χ1) is 10.3. The van der Waals surface area contributed by atoms with E-state index >= 15 is 0 Å². The van der Waals surface area contributed by atoms with E-state index in [-0.39, 0.29) is 5.91 Å². The Bertz CT molecular complexity index is 711. The Balaban J connectivity index is 1.93. The molecule has 1 amide bonds. The maximum absolute atomic E-state index is 12.7. The Hall–Kier alpha value is -2.33. The van der Waals surface area contributed by atoms with Crippen LogP contribution in [0.15, 0.2) is 48.5 Å². The zero-order valence-electron chi connectivity index (χ0n) is 11.9. The smallest absolute Gasteiger partial charge is 0.259 e. The van der Waals surface area contributed by atoms with Gasteiger partial charge in [0, 0.05) is 5.56 Å².